The summed E-state index contributed by atoms with van der Waals surface area (Å²) in [7, 11) is 1.47. The van der Waals surface area contributed by atoms with Gasteiger partial charge < -0.3 is 20.1 Å². The van der Waals surface area contributed by atoms with Crippen molar-refractivity contribution in [1.29, 1.82) is 0 Å². The number of allylic oxidation sites excluding steroid dienone is 1. The van der Waals surface area contributed by atoms with Gasteiger partial charge in [0.2, 0.25) is 0 Å². The van der Waals surface area contributed by atoms with Crippen LogP contribution in [0.4, 0.5) is 0 Å². The van der Waals surface area contributed by atoms with Gasteiger partial charge in [0.15, 0.2) is 5.78 Å². The fourth-order valence-electron chi connectivity index (χ4n) is 4.30. The van der Waals surface area contributed by atoms with Crippen LogP contribution >= 0.6 is 0 Å². The lowest BCUT2D eigenvalue weighted by molar-refractivity contribution is 0.0963. The van der Waals surface area contributed by atoms with Crippen LogP contribution in [0.1, 0.15) is 66.9 Å². The van der Waals surface area contributed by atoms with Crippen LogP contribution in [0.5, 0.6) is 23.0 Å². The molecular weight excluding hydrogens is 392 g/mol. The van der Waals surface area contributed by atoms with E-state index in [9.17, 15) is 20.1 Å². The number of carbonyl (C=O) groups excluding carboxylic acids is 1. The Hall–Kier alpha value is -2.95. The van der Waals surface area contributed by atoms with Gasteiger partial charge in [-0.2, -0.15) is 0 Å². The zero-order valence-electron chi connectivity index (χ0n) is 18.3. The highest BCUT2D eigenvalue weighted by molar-refractivity contribution is 6.02. The van der Waals surface area contributed by atoms with Crippen LogP contribution in [-0.4, -0.2) is 28.2 Å². The number of phenols is 3. The first-order valence-electron chi connectivity index (χ1n) is 11.0. The summed E-state index contributed by atoms with van der Waals surface area (Å²) in [6.07, 6.45) is 9.82. The molecule has 2 aromatic rings. The monoisotopic (exact) mass is 424 g/mol. The van der Waals surface area contributed by atoms with Crippen LogP contribution in [0, 0.1) is 11.8 Å². The highest BCUT2D eigenvalue weighted by Crippen LogP contribution is 2.40. The van der Waals surface area contributed by atoms with E-state index in [0.717, 1.165) is 30.7 Å². The number of ether oxygens (including phenoxy) is 1. The molecule has 0 amide bonds. The first-order chi connectivity index (χ1) is 14.9. The predicted octanol–water partition coefficient (Wildman–Crippen LogP) is 5.86. The largest absolute Gasteiger partial charge is 0.508 e. The number of aromatic hydroxyl groups is 3. The minimum absolute atomic E-state index is 0.0157. The number of carbonyl (C=O) groups is 1. The van der Waals surface area contributed by atoms with Gasteiger partial charge in [-0.25, -0.2) is 0 Å². The molecule has 0 unspecified atom stereocenters. The Labute approximate surface area is 184 Å². The molecule has 2 aromatic carbocycles. The maximum absolute atomic E-state index is 12.9. The van der Waals surface area contributed by atoms with Crippen LogP contribution < -0.4 is 4.74 Å². The number of benzene rings is 2. The van der Waals surface area contributed by atoms with Crippen LogP contribution in [0.15, 0.2) is 36.4 Å². The second-order valence-electron chi connectivity index (χ2n) is 8.59. The molecule has 0 aromatic heterocycles. The third-order valence-corrected chi connectivity index (χ3v) is 6.28. The first-order valence-corrected chi connectivity index (χ1v) is 11.0. The smallest absolute Gasteiger partial charge is 0.170 e. The van der Waals surface area contributed by atoms with Crippen molar-refractivity contribution >= 4 is 11.9 Å². The van der Waals surface area contributed by atoms with Crippen LogP contribution in [0.25, 0.3) is 6.08 Å². The second-order valence-corrected chi connectivity index (χ2v) is 8.59. The molecule has 0 saturated heterocycles. The van der Waals surface area contributed by atoms with Crippen LogP contribution in [-0.2, 0) is 6.42 Å². The highest BCUT2D eigenvalue weighted by atomic mass is 16.5. The Kier molecular flexibility index (Phi) is 7.61. The van der Waals surface area contributed by atoms with E-state index >= 15 is 0 Å². The van der Waals surface area contributed by atoms with Gasteiger partial charge in [0.05, 0.1) is 7.11 Å². The maximum Gasteiger partial charge on any atom is 0.170 e. The Balaban J connectivity index is 1.74. The Morgan fingerprint density at radius 2 is 1.77 bits per heavy atom. The molecule has 0 bridgehead atoms. The molecule has 5 nitrogen and oxygen atoms in total. The summed E-state index contributed by atoms with van der Waals surface area (Å²) in [5.41, 5.74) is 1.34. The quantitative estimate of drug-likeness (QED) is 0.462. The summed E-state index contributed by atoms with van der Waals surface area (Å²) < 4.78 is 5.33. The Bertz CT molecular complexity index is 922. The molecular formula is C26H32O5. The topological polar surface area (TPSA) is 87.0 Å². The number of rotatable bonds is 8. The van der Waals surface area contributed by atoms with Gasteiger partial charge in [-0.1, -0.05) is 56.9 Å². The molecule has 0 heterocycles. The van der Waals surface area contributed by atoms with Gasteiger partial charge >= 0.3 is 0 Å². The zero-order chi connectivity index (χ0) is 22.4. The molecule has 3 N–H and O–H groups in total. The minimum atomic E-state index is -0.247. The predicted molar refractivity (Wildman–Crippen MR) is 122 cm³/mol. The number of ketones is 1. The molecule has 166 valence electrons. The molecule has 0 atom stereocenters. The SMILES string of the molecule is COc1cc(O)c(C(=O)CCC2CCC(C)CC2)c(O)c1C/C=C/c1ccc(O)cc1. The van der Waals surface area contributed by atoms with E-state index in [1.807, 2.05) is 12.2 Å². The molecule has 1 aliphatic rings. The van der Waals surface area contributed by atoms with E-state index in [2.05, 4.69) is 6.92 Å². The average molecular weight is 425 g/mol. The summed E-state index contributed by atoms with van der Waals surface area (Å²) in [6, 6.07) is 8.16. The first kappa shape index (κ1) is 22.7. The van der Waals surface area contributed by atoms with Gasteiger partial charge in [-0.05, 0) is 42.4 Å². The summed E-state index contributed by atoms with van der Waals surface area (Å²) in [6.45, 7) is 2.27. The van der Waals surface area contributed by atoms with E-state index < -0.39 is 0 Å². The lowest BCUT2D eigenvalue weighted by Gasteiger charge is -2.25. The van der Waals surface area contributed by atoms with Gasteiger partial charge in [0.25, 0.3) is 0 Å². The fourth-order valence-corrected chi connectivity index (χ4v) is 4.30. The van der Waals surface area contributed by atoms with Crippen LogP contribution in [0.2, 0.25) is 0 Å². The molecule has 0 radical (unpaired) electrons. The standard InChI is InChI=1S/C26H32O5/c1-17-6-8-19(9-7-17)12-15-22(28)25-23(29)16-24(31-2)21(26(25)30)5-3-4-18-10-13-20(27)14-11-18/h3-4,10-11,13-14,16-17,19,27,29-30H,5-9,12,15H2,1-2H3/b4-3+. The van der Waals surface area contributed by atoms with Gasteiger partial charge in [-0.15, -0.1) is 0 Å². The third-order valence-electron chi connectivity index (χ3n) is 6.28. The number of hydrogen-bond donors (Lipinski definition) is 3. The average Bonchev–Trinajstić information content (AvgIpc) is 2.76. The number of phenolic OH excluding ortho intramolecular Hbond substituents is 3. The van der Waals surface area contributed by atoms with Crippen molar-refractivity contribution in [3.63, 3.8) is 0 Å². The van der Waals surface area contributed by atoms with Gasteiger partial charge in [0.1, 0.15) is 28.6 Å². The molecule has 0 spiro atoms. The van der Waals surface area contributed by atoms with Gasteiger partial charge in [-0.3, -0.25) is 4.79 Å². The second kappa shape index (κ2) is 10.4. The number of Topliss-reactive ketones (excluding diaryl/α,β-unsaturated/α-hetero) is 1. The van der Waals surface area contributed by atoms with Crippen molar-refractivity contribution in [3.8, 4) is 23.0 Å². The van der Waals surface area contributed by atoms with E-state index in [1.54, 1.807) is 24.3 Å². The van der Waals surface area contributed by atoms with Crippen molar-refractivity contribution < 1.29 is 24.9 Å². The zero-order valence-corrected chi connectivity index (χ0v) is 18.3. The van der Waals surface area contributed by atoms with Crippen molar-refractivity contribution in [2.24, 2.45) is 11.8 Å². The number of methoxy groups -OCH3 is 1. The van der Waals surface area contributed by atoms with Crippen molar-refractivity contribution in [1.82, 2.24) is 0 Å². The summed E-state index contributed by atoms with van der Waals surface area (Å²) in [5, 5.41) is 30.6. The van der Waals surface area contributed by atoms with E-state index in [1.165, 1.54) is 26.0 Å². The summed E-state index contributed by atoms with van der Waals surface area (Å²) >= 11 is 0. The molecule has 1 fully saturated rings. The minimum Gasteiger partial charge on any atom is -0.508 e. The Morgan fingerprint density at radius 3 is 2.42 bits per heavy atom. The molecule has 1 aliphatic carbocycles. The molecule has 3 rings (SSSR count). The normalized spacial score (nSPS) is 18.9. The molecule has 31 heavy (non-hydrogen) atoms. The van der Waals surface area contributed by atoms with E-state index in [4.69, 9.17) is 4.74 Å². The van der Waals surface area contributed by atoms with E-state index in [0.29, 0.717) is 30.1 Å². The number of hydrogen-bond acceptors (Lipinski definition) is 5. The summed E-state index contributed by atoms with van der Waals surface area (Å²) in [4.78, 5) is 12.9. The van der Waals surface area contributed by atoms with Gasteiger partial charge in [0, 0.05) is 18.1 Å². The third kappa shape index (κ3) is 5.81. The Morgan fingerprint density at radius 1 is 1.10 bits per heavy atom. The molecule has 0 aliphatic heterocycles. The lowest BCUT2D eigenvalue weighted by atomic mass is 9.80. The molecule has 1 saturated carbocycles. The van der Waals surface area contributed by atoms with Crippen molar-refractivity contribution in [2.45, 2.75) is 51.9 Å². The lowest BCUT2D eigenvalue weighted by Crippen LogP contribution is -2.14. The fraction of sp³-hybridized carbons (Fsp3) is 0.423. The highest BCUT2D eigenvalue weighted by Gasteiger charge is 2.24. The van der Waals surface area contributed by atoms with E-state index in [-0.39, 0.29) is 28.6 Å². The van der Waals surface area contributed by atoms with Crippen LogP contribution in [0.3, 0.4) is 0 Å². The van der Waals surface area contributed by atoms with Crippen molar-refractivity contribution in [2.75, 3.05) is 7.11 Å². The van der Waals surface area contributed by atoms with Crippen molar-refractivity contribution in [3.05, 3.63) is 53.1 Å². The summed E-state index contributed by atoms with van der Waals surface area (Å²) in [5.74, 6) is 1.13. The molecule has 5 heteroatoms. The maximum atomic E-state index is 12.9.